The number of para-hydroxylation sites is 1. The Hall–Kier alpha value is -3.34. The number of nitrogens with one attached hydrogen (secondary N) is 2. The average Bonchev–Trinajstić information content (AvgIpc) is 3.16. The van der Waals surface area contributed by atoms with Gasteiger partial charge in [-0.3, -0.25) is 9.59 Å². The molecule has 27 heavy (non-hydrogen) atoms. The first-order valence-corrected chi connectivity index (χ1v) is 8.89. The van der Waals surface area contributed by atoms with Crippen LogP contribution in [0.4, 0.5) is 5.69 Å². The summed E-state index contributed by atoms with van der Waals surface area (Å²) in [5.74, 6) is 0.228. The van der Waals surface area contributed by atoms with Gasteiger partial charge in [-0.1, -0.05) is 42.8 Å². The van der Waals surface area contributed by atoms with Gasteiger partial charge in [0.1, 0.15) is 5.76 Å². The van der Waals surface area contributed by atoms with Gasteiger partial charge in [-0.05, 0) is 49.2 Å². The highest BCUT2D eigenvalue weighted by atomic mass is 16.4. The highest BCUT2D eigenvalue weighted by molar-refractivity contribution is 6.02. The smallest absolute Gasteiger partial charge is 0.291 e. The molecule has 2 N–H and O–H groups in total. The molecule has 5 heteroatoms. The molecule has 0 spiro atoms. The molecule has 0 fully saturated rings. The second kappa shape index (κ2) is 8.36. The normalized spacial score (nSPS) is 10.4. The average molecular weight is 362 g/mol. The quantitative estimate of drug-likeness (QED) is 0.685. The minimum absolute atomic E-state index is 0.186. The molecule has 2 amide bonds. The number of furan rings is 1. The van der Waals surface area contributed by atoms with Crippen LogP contribution in [0.15, 0.2) is 65.1 Å². The van der Waals surface area contributed by atoms with Gasteiger partial charge >= 0.3 is 0 Å². The summed E-state index contributed by atoms with van der Waals surface area (Å²) in [6, 6.07) is 18.3. The third kappa shape index (κ3) is 4.64. The van der Waals surface area contributed by atoms with Crippen molar-refractivity contribution in [2.75, 3.05) is 5.32 Å². The Morgan fingerprint density at radius 2 is 1.67 bits per heavy atom. The number of hydrogen-bond acceptors (Lipinski definition) is 3. The van der Waals surface area contributed by atoms with E-state index in [0.717, 1.165) is 23.2 Å². The van der Waals surface area contributed by atoms with Gasteiger partial charge < -0.3 is 15.1 Å². The van der Waals surface area contributed by atoms with Gasteiger partial charge in [-0.2, -0.15) is 0 Å². The van der Waals surface area contributed by atoms with Gasteiger partial charge in [0.15, 0.2) is 5.76 Å². The van der Waals surface area contributed by atoms with Gasteiger partial charge in [-0.25, -0.2) is 0 Å². The van der Waals surface area contributed by atoms with Crippen molar-refractivity contribution in [1.29, 1.82) is 0 Å². The fourth-order valence-electron chi connectivity index (χ4n) is 2.70. The molecule has 3 aromatic rings. The van der Waals surface area contributed by atoms with Crippen LogP contribution in [0.25, 0.3) is 0 Å². The Kier molecular flexibility index (Phi) is 5.71. The summed E-state index contributed by atoms with van der Waals surface area (Å²) in [4.78, 5) is 24.5. The second-order valence-electron chi connectivity index (χ2n) is 6.28. The third-order valence-corrected chi connectivity index (χ3v) is 4.27. The Balaban J connectivity index is 1.60. The Morgan fingerprint density at radius 3 is 2.41 bits per heavy atom. The van der Waals surface area contributed by atoms with Crippen molar-refractivity contribution in [3.8, 4) is 0 Å². The van der Waals surface area contributed by atoms with E-state index in [1.807, 2.05) is 50.2 Å². The number of rotatable bonds is 6. The van der Waals surface area contributed by atoms with Crippen LogP contribution in [0.5, 0.6) is 0 Å². The van der Waals surface area contributed by atoms with E-state index in [1.54, 1.807) is 24.3 Å². The molecular weight excluding hydrogens is 340 g/mol. The SMILES string of the molecule is CCc1ccccc1NC(=O)c1ccc(CNC(=O)c2ccc(C)cc2)o1. The van der Waals surface area contributed by atoms with E-state index in [2.05, 4.69) is 10.6 Å². The van der Waals surface area contributed by atoms with E-state index in [1.165, 1.54) is 0 Å². The van der Waals surface area contributed by atoms with Crippen molar-refractivity contribution in [3.63, 3.8) is 0 Å². The molecule has 0 unspecified atom stereocenters. The van der Waals surface area contributed by atoms with Crippen molar-refractivity contribution in [3.05, 3.63) is 88.9 Å². The van der Waals surface area contributed by atoms with E-state index in [0.29, 0.717) is 11.3 Å². The van der Waals surface area contributed by atoms with E-state index in [4.69, 9.17) is 4.42 Å². The number of carbonyl (C=O) groups is 2. The third-order valence-electron chi connectivity index (χ3n) is 4.27. The van der Waals surface area contributed by atoms with Gasteiger partial charge in [0.2, 0.25) is 0 Å². The van der Waals surface area contributed by atoms with Crippen LogP contribution in [0, 0.1) is 6.92 Å². The minimum atomic E-state index is -0.313. The first-order chi connectivity index (χ1) is 13.1. The zero-order valence-corrected chi connectivity index (χ0v) is 15.4. The monoisotopic (exact) mass is 362 g/mol. The van der Waals surface area contributed by atoms with Crippen molar-refractivity contribution in [2.45, 2.75) is 26.8 Å². The summed E-state index contributed by atoms with van der Waals surface area (Å²) in [5.41, 5.74) is 3.51. The minimum Gasteiger partial charge on any atom is -0.454 e. The molecule has 3 rings (SSSR count). The second-order valence-corrected chi connectivity index (χ2v) is 6.28. The summed E-state index contributed by atoms with van der Waals surface area (Å²) in [5, 5.41) is 5.66. The molecule has 0 saturated carbocycles. The summed E-state index contributed by atoms with van der Waals surface area (Å²) in [6.07, 6.45) is 0.824. The predicted octanol–water partition coefficient (Wildman–Crippen LogP) is 4.33. The largest absolute Gasteiger partial charge is 0.454 e. The first-order valence-electron chi connectivity index (χ1n) is 8.89. The lowest BCUT2D eigenvalue weighted by Gasteiger charge is -2.08. The molecule has 5 nitrogen and oxygen atoms in total. The number of anilines is 1. The van der Waals surface area contributed by atoms with Crippen LogP contribution in [0.3, 0.4) is 0 Å². The van der Waals surface area contributed by atoms with Gasteiger partial charge in [0, 0.05) is 11.3 Å². The van der Waals surface area contributed by atoms with Crippen molar-refractivity contribution < 1.29 is 14.0 Å². The molecule has 0 aliphatic carbocycles. The Bertz CT molecular complexity index is 942. The fourth-order valence-corrected chi connectivity index (χ4v) is 2.70. The van der Waals surface area contributed by atoms with E-state index in [-0.39, 0.29) is 24.1 Å². The van der Waals surface area contributed by atoms with E-state index >= 15 is 0 Å². The number of benzene rings is 2. The predicted molar refractivity (Wildman–Crippen MR) is 105 cm³/mol. The lowest BCUT2D eigenvalue weighted by Crippen LogP contribution is -2.22. The maximum Gasteiger partial charge on any atom is 0.291 e. The number of amides is 2. The van der Waals surface area contributed by atoms with Crippen LogP contribution in [0.2, 0.25) is 0 Å². The first kappa shape index (κ1) is 18.5. The van der Waals surface area contributed by atoms with Crippen LogP contribution in [-0.2, 0) is 13.0 Å². The fraction of sp³-hybridized carbons (Fsp3) is 0.182. The van der Waals surface area contributed by atoms with E-state index in [9.17, 15) is 9.59 Å². The number of carbonyl (C=O) groups excluding carboxylic acids is 2. The topological polar surface area (TPSA) is 71.3 Å². The van der Waals surface area contributed by atoms with Gasteiger partial charge in [0.05, 0.1) is 6.54 Å². The molecule has 2 aromatic carbocycles. The lowest BCUT2D eigenvalue weighted by atomic mass is 10.1. The molecule has 0 aliphatic heterocycles. The van der Waals surface area contributed by atoms with Crippen LogP contribution in [-0.4, -0.2) is 11.8 Å². The standard InChI is InChI=1S/C22H22N2O3/c1-3-16-6-4-5-7-19(16)24-22(26)20-13-12-18(27-20)14-23-21(25)17-10-8-15(2)9-11-17/h4-13H,3,14H2,1-2H3,(H,23,25)(H,24,26). The Labute approximate surface area is 158 Å². The zero-order chi connectivity index (χ0) is 19.2. The van der Waals surface area contributed by atoms with Gasteiger partial charge in [-0.15, -0.1) is 0 Å². The zero-order valence-electron chi connectivity index (χ0n) is 15.4. The van der Waals surface area contributed by atoms with Crippen LogP contribution in [0.1, 0.15) is 44.7 Å². The highest BCUT2D eigenvalue weighted by Gasteiger charge is 2.13. The summed E-state index contributed by atoms with van der Waals surface area (Å²) < 4.78 is 5.57. The number of aryl methyl sites for hydroxylation is 2. The number of hydrogen-bond donors (Lipinski definition) is 2. The summed E-state index contributed by atoms with van der Waals surface area (Å²) in [6.45, 7) is 4.22. The molecule has 138 valence electrons. The van der Waals surface area contributed by atoms with E-state index < -0.39 is 0 Å². The lowest BCUT2D eigenvalue weighted by molar-refractivity contribution is 0.0948. The maximum absolute atomic E-state index is 12.4. The Morgan fingerprint density at radius 1 is 0.926 bits per heavy atom. The molecule has 0 aliphatic rings. The van der Waals surface area contributed by atoms with Crippen molar-refractivity contribution in [2.24, 2.45) is 0 Å². The van der Waals surface area contributed by atoms with Crippen molar-refractivity contribution in [1.82, 2.24) is 5.32 Å². The van der Waals surface area contributed by atoms with Gasteiger partial charge in [0.25, 0.3) is 11.8 Å². The van der Waals surface area contributed by atoms with Crippen LogP contribution >= 0.6 is 0 Å². The molecule has 0 radical (unpaired) electrons. The molecule has 1 heterocycles. The molecule has 0 saturated heterocycles. The van der Waals surface area contributed by atoms with Crippen molar-refractivity contribution >= 4 is 17.5 Å². The maximum atomic E-state index is 12.4. The highest BCUT2D eigenvalue weighted by Crippen LogP contribution is 2.17. The molecular formula is C22H22N2O3. The molecule has 0 atom stereocenters. The summed E-state index contributed by atoms with van der Waals surface area (Å²) >= 11 is 0. The molecule has 1 aromatic heterocycles. The summed E-state index contributed by atoms with van der Waals surface area (Å²) in [7, 11) is 0. The molecule has 0 bridgehead atoms. The van der Waals surface area contributed by atoms with Crippen LogP contribution < -0.4 is 10.6 Å².